The molecular formula is C11H13N3O2. The Hall–Kier alpha value is -2.01. The number of hydrogen-bond donors (Lipinski definition) is 2. The van der Waals surface area contributed by atoms with E-state index in [4.69, 9.17) is 5.73 Å². The molecule has 0 bridgehead atoms. The lowest BCUT2D eigenvalue weighted by atomic mass is 10.2. The van der Waals surface area contributed by atoms with Crippen LogP contribution in [0.5, 0.6) is 0 Å². The van der Waals surface area contributed by atoms with Crippen LogP contribution in [-0.4, -0.2) is 28.1 Å². The van der Waals surface area contributed by atoms with Gasteiger partial charge in [-0.3, -0.25) is 9.59 Å². The molecule has 0 saturated heterocycles. The summed E-state index contributed by atoms with van der Waals surface area (Å²) < 4.78 is 0. The molecule has 3 N–H and O–H groups in total. The van der Waals surface area contributed by atoms with Gasteiger partial charge in [0.1, 0.15) is 0 Å². The molecule has 1 aliphatic rings. The number of rotatable bonds is 2. The van der Waals surface area contributed by atoms with E-state index in [0.717, 1.165) is 12.1 Å². The van der Waals surface area contributed by atoms with Crippen molar-refractivity contribution in [1.29, 1.82) is 0 Å². The third-order valence-electron chi connectivity index (χ3n) is 1.79. The molecule has 1 aromatic rings. The van der Waals surface area contributed by atoms with Crippen LogP contribution in [0.1, 0.15) is 5.69 Å². The summed E-state index contributed by atoms with van der Waals surface area (Å²) in [7, 11) is 0. The van der Waals surface area contributed by atoms with Crippen LogP contribution in [0.4, 0.5) is 0 Å². The van der Waals surface area contributed by atoms with Gasteiger partial charge in [-0.05, 0) is 30.8 Å². The molecule has 0 radical (unpaired) electrons. The zero-order valence-electron chi connectivity index (χ0n) is 8.72. The summed E-state index contributed by atoms with van der Waals surface area (Å²) in [6.07, 6.45) is 9.34. The van der Waals surface area contributed by atoms with Crippen LogP contribution in [0.25, 0.3) is 0 Å². The number of carbonyl (C=O) groups is 2. The van der Waals surface area contributed by atoms with Crippen LogP contribution in [-0.2, 0) is 16.0 Å². The largest absolute Gasteiger partial charge is 0.348 e. The third-order valence-corrected chi connectivity index (χ3v) is 1.79. The van der Waals surface area contributed by atoms with E-state index in [1.165, 1.54) is 24.3 Å². The molecule has 1 heterocycles. The highest BCUT2D eigenvalue weighted by Gasteiger charge is 1.97. The molecule has 0 atom stereocenters. The topological polar surface area (TPSA) is 88.8 Å². The summed E-state index contributed by atoms with van der Waals surface area (Å²) in [6.45, 7) is 0.683. The van der Waals surface area contributed by atoms with Gasteiger partial charge >= 0.3 is 0 Å². The zero-order valence-corrected chi connectivity index (χ0v) is 8.72. The van der Waals surface area contributed by atoms with Gasteiger partial charge in [0.15, 0.2) is 11.6 Å². The Morgan fingerprint density at radius 3 is 2.06 bits per heavy atom. The summed E-state index contributed by atoms with van der Waals surface area (Å²) in [4.78, 5) is 27.3. The molecule has 2 rings (SSSR count). The number of nitrogens with zero attached hydrogens (tertiary/aromatic N) is 1. The molecule has 0 unspecified atom stereocenters. The Balaban J connectivity index is 0.000000160. The van der Waals surface area contributed by atoms with Crippen molar-refractivity contribution in [2.45, 2.75) is 6.42 Å². The molecule has 16 heavy (non-hydrogen) atoms. The number of H-pyrrole nitrogens is 1. The standard InChI is InChI=1S/C6H4O2.C5H9N3/c7-5-1-2-6(8)4-3-5;6-2-1-5-3-7-4-8-5/h1-4H;3-4H,1-2,6H2,(H,7,8). The number of carbonyl (C=O) groups excluding carboxylic acids is 2. The molecule has 0 amide bonds. The van der Waals surface area contributed by atoms with E-state index >= 15 is 0 Å². The first-order valence-electron chi connectivity index (χ1n) is 4.84. The zero-order chi connectivity index (χ0) is 11.8. The Labute approximate surface area is 93.1 Å². The first kappa shape index (κ1) is 12.1. The molecule has 0 aromatic carbocycles. The minimum absolute atomic E-state index is 0.121. The van der Waals surface area contributed by atoms with Crippen molar-refractivity contribution in [2.24, 2.45) is 5.73 Å². The summed E-state index contributed by atoms with van der Waals surface area (Å²) in [6, 6.07) is 0. The molecule has 0 spiro atoms. The fraction of sp³-hybridized carbons (Fsp3) is 0.182. The lowest BCUT2D eigenvalue weighted by Crippen LogP contribution is -2.02. The highest BCUT2D eigenvalue weighted by molar-refractivity contribution is 6.14. The van der Waals surface area contributed by atoms with Crippen molar-refractivity contribution in [3.8, 4) is 0 Å². The average molecular weight is 219 g/mol. The molecule has 5 nitrogen and oxygen atoms in total. The van der Waals surface area contributed by atoms with Crippen molar-refractivity contribution in [1.82, 2.24) is 9.97 Å². The SMILES string of the molecule is NCCc1cnc[nH]1.O=C1C=CC(=O)C=C1. The van der Waals surface area contributed by atoms with E-state index in [-0.39, 0.29) is 11.6 Å². The second-order valence-corrected chi connectivity index (χ2v) is 3.09. The lowest BCUT2D eigenvalue weighted by molar-refractivity contribution is -0.113. The maximum absolute atomic E-state index is 10.3. The minimum atomic E-state index is -0.121. The first-order chi connectivity index (χ1) is 7.72. The van der Waals surface area contributed by atoms with Crippen molar-refractivity contribution in [3.05, 3.63) is 42.5 Å². The van der Waals surface area contributed by atoms with E-state index < -0.39 is 0 Å². The fourth-order valence-corrected chi connectivity index (χ4v) is 1.02. The summed E-state index contributed by atoms with van der Waals surface area (Å²) in [5, 5.41) is 0. The Morgan fingerprint density at radius 1 is 1.12 bits per heavy atom. The Bertz CT molecular complexity index is 367. The van der Waals surface area contributed by atoms with Gasteiger partial charge in [-0.2, -0.15) is 0 Å². The van der Waals surface area contributed by atoms with Crippen LogP contribution < -0.4 is 5.73 Å². The monoisotopic (exact) mass is 219 g/mol. The average Bonchev–Trinajstić information content (AvgIpc) is 2.77. The normalized spacial score (nSPS) is 13.6. The van der Waals surface area contributed by atoms with Crippen LogP contribution in [0.2, 0.25) is 0 Å². The second-order valence-electron chi connectivity index (χ2n) is 3.09. The fourth-order valence-electron chi connectivity index (χ4n) is 1.02. The number of aromatic nitrogens is 2. The molecule has 1 aliphatic carbocycles. The Morgan fingerprint density at radius 2 is 1.69 bits per heavy atom. The van der Waals surface area contributed by atoms with Crippen molar-refractivity contribution in [3.63, 3.8) is 0 Å². The highest BCUT2D eigenvalue weighted by Crippen LogP contribution is 1.90. The van der Waals surface area contributed by atoms with Crippen LogP contribution >= 0.6 is 0 Å². The summed E-state index contributed by atoms with van der Waals surface area (Å²) in [5.74, 6) is -0.241. The first-order valence-corrected chi connectivity index (χ1v) is 4.84. The van der Waals surface area contributed by atoms with Gasteiger partial charge in [-0.15, -0.1) is 0 Å². The maximum atomic E-state index is 10.3. The molecule has 0 aliphatic heterocycles. The number of ketones is 2. The molecular weight excluding hydrogens is 206 g/mol. The smallest absolute Gasteiger partial charge is 0.178 e. The van der Waals surface area contributed by atoms with Crippen molar-refractivity contribution >= 4 is 11.6 Å². The van der Waals surface area contributed by atoms with Crippen molar-refractivity contribution in [2.75, 3.05) is 6.54 Å². The van der Waals surface area contributed by atoms with E-state index in [9.17, 15) is 9.59 Å². The van der Waals surface area contributed by atoms with Crippen LogP contribution in [0.3, 0.4) is 0 Å². The molecule has 84 valence electrons. The van der Waals surface area contributed by atoms with Gasteiger partial charge in [-0.25, -0.2) is 4.98 Å². The number of nitrogens with one attached hydrogen (secondary N) is 1. The number of nitrogens with two attached hydrogens (primary N) is 1. The summed E-state index contributed by atoms with van der Waals surface area (Å²) in [5.41, 5.74) is 6.38. The van der Waals surface area contributed by atoms with Gasteiger partial charge < -0.3 is 10.7 Å². The van der Waals surface area contributed by atoms with Crippen molar-refractivity contribution < 1.29 is 9.59 Å². The van der Waals surface area contributed by atoms with Gasteiger partial charge in [0.25, 0.3) is 0 Å². The number of imidazole rings is 1. The second kappa shape index (κ2) is 6.47. The lowest BCUT2D eigenvalue weighted by Gasteiger charge is -1.87. The third kappa shape index (κ3) is 4.47. The van der Waals surface area contributed by atoms with Gasteiger partial charge in [0.2, 0.25) is 0 Å². The molecule has 1 aromatic heterocycles. The number of allylic oxidation sites excluding steroid dienone is 4. The van der Waals surface area contributed by atoms with Crippen LogP contribution in [0, 0.1) is 0 Å². The number of hydrogen-bond acceptors (Lipinski definition) is 4. The number of aromatic amines is 1. The molecule has 0 fully saturated rings. The van der Waals surface area contributed by atoms with E-state index in [1.54, 1.807) is 12.5 Å². The van der Waals surface area contributed by atoms with Gasteiger partial charge in [-0.1, -0.05) is 0 Å². The molecule has 0 saturated carbocycles. The highest BCUT2D eigenvalue weighted by atomic mass is 16.1. The quantitative estimate of drug-likeness (QED) is 0.693. The summed E-state index contributed by atoms with van der Waals surface area (Å²) >= 11 is 0. The van der Waals surface area contributed by atoms with E-state index in [1.807, 2.05) is 0 Å². The molecule has 5 heteroatoms. The predicted molar refractivity (Wildman–Crippen MR) is 59.6 cm³/mol. The predicted octanol–water partition coefficient (Wildman–Crippen LogP) is 0.161. The van der Waals surface area contributed by atoms with Gasteiger partial charge in [0, 0.05) is 18.3 Å². The van der Waals surface area contributed by atoms with Crippen LogP contribution in [0.15, 0.2) is 36.8 Å². The Kier molecular flexibility index (Phi) is 4.88. The van der Waals surface area contributed by atoms with E-state index in [2.05, 4.69) is 9.97 Å². The minimum Gasteiger partial charge on any atom is -0.348 e. The maximum Gasteiger partial charge on any atom is 0.178 e. The van der Waals surface area contributed by atoms with Gasteiger partial charge in [0.05, 0.1) is 6.33 Å². The van der Waals surface area contributed by atoms with E-state index in [0.29, 0.717) is 6.54 Å².